The zero-order chi connectivity index (χ0) is 45.4. The topological polar surface area (TPSA) is 289 Å². The Bertz CT molecular complexity index is 2030. The molecular weight excluding hydrogens is 836 g/mol. The summed E-state index contributed by atoms with van der Waals surface area (Å²) in [7, 11) is -4.70. The Morgan fingerprint density at radius 2 is 1.49 bits per heavy atom. The molecule has 3 rings (SSSR count). The Balaban J connectivity index is 1.74. The third-order valence-corrected chi connectivity index (χ3v) is 12.1. The van der Waals surface area contributed by atoms with Crippen LogP contribution in [0.4, 0.5) is 0 Å². The Kier molecular flexibility index (Phi) is 19.2. The van der Waals surface area contributed by atoms with Crippen molar-refractivity contribution in [2.45, 2.75) is 121 Å². The van der Waals surface area contributed by atoms with Gasteiger partial charge in [-0.2, -0.15) is 0 Å². The largest absolute Gasteiger partial charge is 0.478 e. The van der Waals surface area contributed by atoms with Crippen LogP contribution in [-0.2, 0) is 38.8 Å². The first kappa shape index (κ1) is 49.9. The number of carboxylic acids is 1. The van der Waals surface area contributed by atoms with Crippen LogP contribution in [0.25, 0.3) is 0 Å². The van der Waals surface area contributed by atoms with Crippen molar-refractivity contribution < 1.29 is 51.9 Å². The van der Waals surface area contributed by atoms with Gasteiger partial charge in [-0.25, -0.2) is 22.9 Å². The molecule has 2 aromatic rings. The van der Waals surface area contributed by atoms with Gasteiger partial charge in [0.2, 0.25) is 23.5 Å². The van der Waals surface area contributed by atoms with E-state index in [4.69, 9.17) is 11.6 Å². The van der Waals surface area contributed by atoms with E-state index in [0.717, 1.165) is 50.3 Å². The van der Waals surface area contributed by atoms with Gasteiger partial charge >= 0.3 is 5.97 Å². The first-order valence-corrected chi connectivity index (χ1v) is 22.0. The van der Waals surface area contributed by atoms with Crippen molar-refractivity contribution in [3.05, 3.63) is 53.1 Å². The maximum absolute atomic E-state index is 14.1. The zero-order valence-corrected chi connectivity index (χ0v) is 36.4. The highest BCUT2D eigenvalue weighted by molar-refractivity contribution is 7.90. The second-order valence-corrected chi connectivity index (χ2v) is 17.5. The van der Waals surface area contributed by atoms with Crippen LogP contribution < -0.4 is 31.3 Å². The maximum atomic E-state index is 14.1. The van der Waals surface area contributed by atoms with Gasteiger partial charge in [0, 0.05) is 12.4 Å². The van der Waals surface area contributed by atoms with Crippen molar-refractivity contribution >= 4 is 68.8 Å². The molecule has 0 bridgehead atoms. The number of carbonyl (C=O) groups excluding carboxylic acids is 7. The number of nitrogens with one attached hydrogen (secondary N) is 6. The first-order valence-electron chi connectivity index (χ1n) is 20.2. The molecule has 7 N–H and O–H groups in total. The first-order chi connectivity index (χ1) is 28.8. The molecule has 1 aliphatic rings. The van der Waals surface area contributed by atoms with Gasteiger partial charge < -0.3 is 31.7 Å². The van der Waals surface area contributed by atoms with Gasteiger partial charge in [-0.1, -0.05) is 84.7 Å². The Hall–Kier alpha value is -5.50. The Morgan fingerprint density at radius 3 is 2.08 bits per heavy atom. The van der Waals surface area contributed by atoms with Crippen molar-refractivity contribution in [2.75, 3.05) is 6.54 Å². The minimum Gasteiger partial charge on any atom is -0.478 e. The monoisotopic (exact) mass is 890 g/mol. The zero-order valence-electron chi connectivity index (χ0n) is 34.8. The van der Waals surface area contributed by atoms with Crippen LogP contribution in [0.15, 0.2) is 41.7 Å². The third-order valence-electron chi connectivity index (χ3n) is 10.2. The van der Waals surface area contributed by atoms with E-state index in [1.165, 1.54) is 25.5 Å². The number of ketones is 1. The van der Waals surface area contributed by atoms with Gasteiger partial charge in [-0.3, -0.25) is 38.5 Å². The molecular formula is C40H55ClN8O11S. The molecule has 21 heteroatoms. The summed E-state index contributed by atoms with van der Waals surface area (Å²) in [6, 6.07) is -1.94. The standard InChI is InChI=1S/C40H55ClN8O11S/c1-6-23(5)33(48-36(53)28(17-22(3)4)46-37(54)30-20-42-15-16-43-30)38(55)47-29(18-24-11-9-8-10-12-24)35(52)45-27(7-2)34(51)39(56)44-21-32(50)49-61(59,60)31-19-25(40(57)58)13-14-26(31)41/h13-16,19-20,22-24,27-29,33H,6-12,17-18,21H2,1-5H3,(H,44,56)(H,45,52)(H,46,54)(H,47,55)(H,48,53)(H,49,50)(H,57,58)/t23-,27-,28-,29-,33?/m0/s1. The molecule has 6 amide bonds. The van der Waals surface area contributed by atoms with Gasteiger partial charge in [-0.05, 0) is 55.2 Å². The molecule has 19 nitrogen and oxygen atoms in total. The number of Topliss-reactive ketones (excluding diaryl/α,β-unsaturated/α-hetero) is 1. The van der Waals surface area contributed by atoms with Crippen molar-refractivity contribution in [3.8, 4) is 0 Å². The lowest BCUT2D eigenvalue weighted by Gasteiger charge is -2.31. The van der Waals surface area contributed by atoms with Crippen LogP contribution in [0, 0.1) is 17.8 Å². The number of benzene rings is 1. The van der Waals surface area contributed by atoms with Crippen molar-refractivity contribution in [1.82, 2.24) is 41.3 Å². The van der Waals surface area contributed by atoms with Crippen LogP contribution in [0.2, 0.25) is 5.02 Å². The molecule has 0 saturated heterocycles. The number of rotatable bonds is 22. The summed E-state index contributed by atoms with van der Waals surface area (Å²) >= 11 is 5.92. The molecule has 1 aliphatic carbocycles. The molecule has 1 unspecified atom stereocenters. The van der Waals surface area contributed by atoms with Crippen LogP contribution in [0.5, 0.6) is 0 Å². The third kappa shape index (κ3) is 15.2. The van der Waals surface area contributed by atoms with Crippen LogP contribution in [0.3, 0.4) is 0 Å². The summed E-state index contributed by atoms with van der Waals surface area (Å²) in [6.45, 7) is 7.84. The Morgan fingerprint density at radius 1 is 0.836 bits per heavy atom. The highest BCUT2D eigenvalue weighted by Gasteiger charge is 2.36. The molecule has 1 saturated carbocycles. The van der Waals surface area contributed by atoms with Gasteiger partial charge in [0.25, 0.3) is 27.7 Å². The number of carboxylic acid groups (broad SMARTS) is 1. The molecule has 1 aromatic heterocycles. The molecule has 1 heterocycles. The number of hydrogen-bond donors (Lipinski definition) is 7. The van der Waals surface area contributed by atoms with E-state index in [1.807, 2.05) is 26.1 Å². The average Bonchev–Trinajstić information content (AvgIpc) is 3.22. The summed E-state index contributed by atoms with van der Waals surface area (Å²) in [5.41, 5.74) is -0.415. The van der Waals surface area contributed by atoms with Crippen molar-refractivity contribution in [3.63, 3.8) is 0 Å². The van der Waals surface area contributed by atoms with E-state index in [0.29, 0.717) is 6.42 Å². The van der Waals surface area contributed by atoms with E-state index >= 15 is 0 Å². The highest BCUT2D eigenvalue weighted by Crippen LogP contribution is 2.28. The SMILES string of the molecule is CC[C@H](NC(=O)[C@H](CC1CCCCC1)NC(=O)C(NC(=O)[C@H](CC(C)C)NC(=O)c1cnccn1)[C@@H](C)CC)C(=O)C(=O)NCC(=O)NS(=O)(=O)c1cc(C(=O)O)ccc1Cl. The van der Waals surface area contributed by atoms with E-state index in [9.17, 15) is 51.9 Å². The van der Waals surface area contributed by atoms with Gasteiger partial charge in [-0.15, -0.1) is 0 Å². The summed E-state index contributed by atoms with van der Waals surface area (Å²) in [5, 5.41) is 21.6. The molecule has 0 spiro atoms. The van der Waals surface area contributed by atoms with Crippen LogP contribution in [-0.4, -0.2) is 101 Å². The molecule has 334 valence electrons. The lowest BCUT2D eigenvalue weighted by Crippen LogP contribution is -2.60. The Labute approximate surface area is 359 Å². The fourth-order valence-corrected chi connectivity index (χ4v) is 8.18. The number of carbonyl (C=O) groups is 8. The lowest BCUT2D eigenvalue weighted by molar-refractivity contribution is -0.141. The summed E-state index contributed by atoms with van der Waals surface area (Å²) in [6.07, 6.45) is 9.26. The molecule has 0 aliphatic heterocycles. The average molecular weight is 891 g/mol. The number of hydrogen-bond acceptors (Lipinski definition) is 12. The van der Waals surface area contributed by atoms with Gasteiger partial charge in [0.1, 0.15) is 28.7 Å². The number of aromatic nitrogens is 2. The van der Waals surface area contributed by atoms with Crippen LogP contribution in [0.1, 0.15) is 113 Å². The second kappa shape index (κ2) is 23.5. The summed E-state index contributed by atoms with van der Waals surface area (Å²) in [4.78, 5) is 112. The molecule has 1 fully saturated rings. The van der Waals surface area contributed by atoms with Crippen molar-refractivity contribution in [2.24, 2.45) is 17.8 Å². The summed E-state index contributed by atoms with van der Waals surface area (Å²) in [5.74, 6) is -8.29. The maximum Gasteiger partial charge on any atom is 0.335 e. The van der Waals surface area contributed by atoms with E-state index < -0.39 is 104 Å². The van der Waals surface area contributed by atoms with Gasteiger partial charge in [0.15, 0.2) is 0 Å². The van der Waals surface area contributed by atoms with Gasteiger partial charge in [0.05, 0.1) is 29.4 Å². The molecule has 1 aromatic carbocycles. The fourth-order valence-electron chi connectivity index (χ4n) is 6.67. The predicted octanol–water partition coefficient (Wildman–Crippen LogP) is 2.04. The minimum atomic E-state index is -4.70. The lowest BCUT2D eigenvalue weighted by atomic mass is 9.84. The second-order valence-electron chi connectivity index (χ2n) is 15.4. The number of aromatic carboxylic acids is 1. The molecule has 0 radical (unpaired) electrons. The molecule has 5 atom stereocenters. The summed E-state index contributed by atoms with van der Waals surface area (Å²) < 4.78 is 27.2. The highest BCUT2D eigenvalue weighted by atomic mass is 35.5. The number of halogens is 1. The molecule has 61 heavy (non-hydrogen) atoms. The van der Waals surface area contributed by atoms with Crippen molar-refractivity contribution in [1.29, 1.82) is 0 Å². The quantitative estimate of drug-likeness (QED) is 0.0835. The van der Waals surface area contributed by atoms with Crippen LogP contribution >= 0.6 is 11.6 Å². The van der Waals surface area contributed by atoms with E-state index in [-0.39, 0.29) is 41.8 Å². The minimum absolute atomic E-state index is 0.00250. The normalized spacial score (nSPS) is 15.5. The van der Waals surface area contributed by atoms with E-state index in [2.05, 4.69) is 31.2 Å². The number of nitrogens with zero attached hydrogens (tertiary/aromatic N) is 2. The number of amides is 6. The number of sulfonamides is 1. The smallest absolute Gasteiger partial charge is 0.335 e. The predicted molar refractivity (Wildman–Crippen MR) is 221 cm³/mol. The van der Waals surface area contributed by atoms with E-state index in [1.54, 1.807) is 11.6 Å². The fraction of sp³-hybridized carbons (Fsp3) is 0.550.